The van der Waals surface area contributed by atoms with E-state index in [2.05, 4.69) is 25.1 Å². The van der Waals surface area contributed by atoms with E-state index in [0.29, 0.717) is 5.16 Å². The number of aromatic nitrogens is 5. The molecule has 0 spiro atoms. The summed E-state index contributed by atoms with van der Waals surface area (Å²) in [5.41, 5.74) is 0. The van der Waals surface area contributed by atoms with E-state index in [0.717, 1.165) is 8.68 Å². The van der Waals surface area contributed by atoms with Crippen LogP contribution in [-0.4, -0.2) is 38.5 Å². The van der Waals surface area contributed by atoms with E-state index in [1.165, 1.54) is 42.0 Å². The summed E-state index contributed by atoms with van der Waals surface area (Å²) in [5.74, 6) is 0. The van der Waals surface area contributed by atoms with Crippen molar-refractivity contribution in [2.24, 2.45) is 0 Å². The Morgan fingerprint density at radius 2 is 1.94 bits per heavy atom. The van der Waals surface area contributed by atoms with E-state index in [9.17, 15) is 0 Å². The average Bonchev–Trinajstić information content (AvgIpc) is 2.76. The number of halogens is 1. The van der Waals surface area contributed by atoms with Gasteiger partial charge in [-0.05, 0) is 29.6 Å². The molecule has 0 unspecified atom stereocenters. The van der Waals surface area contributed by atoms with Crippen molar-refractivity contribution >= 4 is 46.5 Å². The Labute approximate surface area is 115 Å². The number of hydrogen-bond acceptors (Lipinski definition) is 9. The first-order valence-electron chi connectivity index (χ1n) is 4.22. The lowest BCUT2D eigenvalue weighted by Gasteiger charge is -1.99. The van der Waals surface area contributed by atoms with Crippen LogP contribution in [0.3, 0.4) is 0 Å². The van der Waals surface area contributed by atoms with Crippen LogP contribution in [-0.2, 0) is 0 Å². The van der Waals surface area contributed by atoms with Crippen molar-refractivity contribution < 1.29 is 4.74 Å². The first kappa shape index (κ1) is 12.8. The Hall–Kier alpha value is -0.640. The third-order valence-electron chi connectivity index (χ3n) is 1.49. The Balaban J connectivity index is 2.20. The van der Waals surface area contributed by atoms with Crippen molar-refractivity contribution in [3.63, 3.8) is 0 Å². The van der Waals surface area contributed by atoms with Gasteiger partial charge >= 0.3 is 6.01 Å². The number of nitrogens with zero attached hydrogens (tertiary/aromatic N) is 5. The zero-order valence-electron chi connectivity index (χ0n) is 8.75. The molecule has 17 heavy (non-hydrogen) atoms. The van der Waals surface area contributed by atoms with Gasteiger partial charge in [-0.2, -0.15) is 15.0 Å². The minimum absolute atomic E-state index is 0.0916. The molecule has 0 aromatic carbocycles. The molecule has 0 fully saturated rings. The Kier molecular flexibility index (Phi) is 4.37. The van der Waals surface area contributed by atoms with Crippen LogP contribution in [0.15, 0.2) is 13.8 Å². The van der Waals surface area contributed by atoms with Gasteiger partial charge in [0.25, 0.3) is 0 Å². The van der Waals surface area contributed by atoms with Crippen LogP contribution in [0.5, 0.6) is 6.01 Å². The van der Waals surface area contributed by atoms with Gasteiger partial charge in [0.15, 0.2) is 8.68 Å². The molecule has 0 amide bonds. The maximum Gasteiger partial charge on any atom is 0.321 e. The molecule has 0 bridgehead atoms. The van der Waals surface area contributed by atoms with Crippen molar-refractivity contribution in [2.75, 3.05) is 13.4 Å². The van der Waals surface area contributed by atoms with Crippen LogP contribution in [0.4, 0.5) is 0 Å². The highest BCUT2D eigenvalue weighted by Crippen LogP contribution is 2.31. The van der Waals surface area contributed by atoms with E-state index < -0.39 is 0 Å². The smallest absolute Gasteiger partial charge is 0.321 e. The molecule has 0 aliphatic carbocycles. The Morgan fingerprint density at radius 3 is 2.59 bits per heavy atom. The summed E-state index contributed by atoms with van der Waals surface area (Å²) in [6.07, 6.45) is 1.94. The molecule has 6 nitrogen and oxygen atoms in total. The number of ether oxygens (including phenoxy) is 1. The van der Waals surface area contributed by atoms with Gasteiger partial charge in [-0.1, -0.05) is 23.1 Å². The highest BCUT2D eigenvalue weighted by molar-refractivity contribution is 8.02. The molecular weight excluding hydrogens is 302 g/mol. The van der Waals surface area contributed by atoms with Crippen LogP contribution in [0.1, 0.15) is 0 Å². The molecule has 10 heteroatoms. The van der Waals surface area contributed by atoms with Crippen LogP contribution in [0.25, 0.3) is 0 Å². The lowest BCUT2D eigenvalue weighted by Crippen LogP contribution is -1.96. The minimum atomic E-state index is 0.0916. The zero-order chi connectivity index (χ0) is 12.3. The number of hydrogen-bond donors (Lipinski definition) is 0. The maximum absolute atomic E-state index is 5.74. The summed E-state index contributed by atoms with van der Waals surface area (Å²) in [7, 11) is 1.47. The van der Waals surface area contributed by atoms with Gasteiger partial charge in [0.1, 0.15) is 0 Å². The van der Waals surface area contributed by atoms with Crippen molar-refractivity contribution in [1.29, 1.82) is 0 Å². The van der Waals surface area contributed by atoms with Crippen molar-refractivity contribution in [1.82, 2.24) is 25.1 Å². The van der Waals surface area contributed by atoms with Crippen LogP contribution >= 0.6 is 46.5 Å². The summed E-state index contributed by atoms with van der Waals surface area (Å²) in [6, 6.07) is 0.183. The molecule has 90 valence electrons. The summed E-state index contributed by atoms with van der Waals surface area (Å²) >= 11 is 10.0. The second-order valence-electron chi connectivity index (χ2n) is 2.51. The molecule has 0 N–H and O–H groups in total. The van der Waals surface area contributed by atoms with Gasteiger partial charge in [0, 0.05) is 0 Å². The van der Waals surface area contributed by atoms with E-state index in [1.807, 2.05) is 6.26 Å². The van der Waals surface area contributed by atoms with Gasteiger partial charge in [-0.25, -0.2) is 0 Å². The highest BCUT2D eigenvalue weighted by Gasteiger charge is 2.10. The topological polar surface area (TPSA) is 73.7 Å². The first-order valence-corrected chi connectivity index (χ1v) is 7.45. The quantitative estimate of drug-likeness (QED) is 0.796. The zero-order valence-corrected chi connectivity index (χ0v) is 12.0. The second kappa shape index (κ2) is 5.80. The van der Waals surface area contributed by atoms with E-state index >= 15 is 0 Å². The van der Waals surface area contributed by atoms with E-state index in [1.54, 1.807) is 0 Å². The van der Waals surface area contributed by atoms with Crippen LogP contribution in [0, 0.1) is 0 Å². The SMILES string of the molecule is COc1nc(Cl)nc(Sc2nnc(SC)s2)n1. The number of thioether (sulfide) groups is 1. The summed E-state index contributed by atoms with van der Waals surface area (Å²) < 4.78 is 6.54. The monoisotopic (exact) mass is 307 g/mol. The van der Waals surface area contributed by atoms with Crippen molar-refractivity contribution in [2.45, 2.75) is 13.8 Å². The van der Waals surface area contributed by atoms with Gasteiger partial charge in [-0.15, -0.1) is 10.2 Å². The summed E-state index contributed by atoms with van der Waals surface area (Å²) in [5, 5.41) is 8.49. The predicted molar refractivity (Wildman–Crippen MR) is 67.2 cm³/mol. The molecular formula is C7H6ClN5OS3. The highest BCUT2D eigenvalue weighted by atomic mass is 35.5. The van der Waals surface area contributed by atoms with E-state index in [-0.39, 0.29) is 11.3 Å². The van der Waals surface area contributed by atoms with Gasteiger partial charge in [-0.3, -0.25) is 0 Å². The largest absolute Gasteiger partial charge is 0.467 e. The van der Waals surface area contributed by atoms with E-state index in [4.69, 9.17) is 16.3 Å². The number of methoxy groups -OCH3 is 1. The van der Waals surface area contributed by atoms with Gasteiger partial charge in [0.05, 0.1) is 7.11 Å². The van der Waals surface area contributed by atoms with Crippen molar-refractivity contribution in [3.8, 4) is 6.01 Å². The van der Waals surface area contributed by atoms with Gasteiger partial charge in [0.2, 0.25) is 10.4 Å². The third-order valence-corrected chi connectivity index (χ3v) is 4.47. The summed E-state index contributed by atoms with van der Waals surface area (Å²) in [6.45, 7) is 0. The lowest BCUT2D eigenvalue weighted by molar-refractivity contribution is 0.373. The predicted octanol–water partition coefficient (Wildman–Crippen LogP) is 2.26. The standard InChI is InChI=1S/C7H6ClN5OS3/c1-14-4-9-3(8)10-5(11-4)16-7-13-12-6(15-2)17-7/h1-2H3. The number of rotatable bonds is 4. The molecule has 0 saturated heterocycles. The normalized spacial score (nSPS) is 10.5. The Morgan fingerprint density at radius 1 is 1.18 bits per heavy atom. The third kappa shape index (κ3) is 3.41. The molecule has 0 aliphatic heterocycles. The molecule has 2 heterocycles. The molecule has 2 aromatic rings. The molecule has 2 aromatic heterocycles. The fourth-order valence-electron chi connectivity index (χ4n) is 0.851. The molecule has 0 atom stereocenters. The molecule has 0 saturated carbocycles. The fourth-order valence-corrected chi connectivity index (χ4v) is 3.34. The maximum atomic E-state index is 5.74. The lowest BCUT2D eigenvalue weighted by atomic mass is 11.0. The molecule has 2 rings (SSSR count). The Bertz CT molecular complexity index is 522. The fraction of sp³-hybridized carbons (Fsp3) is 0.286. The van der Waals surface area contributed by atoms with Crippen molar-refractivity contribution in [3.05, 3.63) is 5.28 Å². The first-order chi connectivity index (χ1) is 8.21. The van der Waals surface area contributed by atoms with Crippen LogP contribution < -0.4 is 4.74 Å². The minimum Gasteiger partial charge on any atom is -0.467 e. The van der Waals surface area contributed by atoms with Gasteiger partial charge < -0.3 is 4.74 Å². The summed E-state index contributed by atoms with van der Waals surface area (Å²) in [4.78, 5) is 11.8. The molecule has 0 aliphatic rings. The molecule has 0 radical (unpaired) electrons. The van der Waals surface area contributed by atoms with Crippen LogP contribution in [0.2, 0.25) is 5.28 Å². The average molecular weight is 308 g/mol. The second-order valence-corrected chi connectivity index (χ2v) is 6.10.